The van der Waals surface area contributed by atoms with E-state index in [9.17, 15) is 4.79 Å². The molecule has 1 fully saturated rings. The monoisotopic (exact) mass is 370 g/mol. The number of rotatable bonds is 4. The van der Waals surface area contributed by atoms with Crippen molar-refractivity contribution >= 4 is 22.7 Å². The van der Waals surface area contributed by atoms with Crippen LogP contribution in [0.2, 0.25) is 0 Å². The zero-order chi connectivity index (χ0) is 18.1. The molecule has 0 N–H and O–H groups in total. The van der Waals surface area contributed by atoms with E-state index in [4.69, 9.17) is 4.42 Å². The summed E-state index contributed by atoms with van der Waals surface area (Å²) in [6.45, 7) is 4.01. The summed E-state index contributed by atoms with van der Waals surface area (Å²) in [5, 5.41) is 14.1. The molecule has 2 heterocycles. The minimum absolute atomic E-state index is 0.311. The van der Waals surface area contributed by atoms with Crippen LogP contribution in [0.4, 0.5) is 0 Å². The van der Waals surface area contributed by atoms with Gasteiger partial charge in [0.1, 0.15) is 5.58 Å². The van der Waals surface area contributed by atoms with Gasteiger partial charge in [0.2, 0.25) is 5.16 Å². The van der Waals surface area contributed by atoms with Gasteiger partial charge in [0.15, 0.2) is 0 Å². The lowest BCUT2D eigenvalue weighted by Gasteiger charge is -2.22. The minimum atomic E-state index is -0.311. The lowest BCUT2D eigenvalue weighted by molar-refractivity contribution is 0.307. The molecule has 4 rings (SSSR count). The van der Waals surface area contributed by atoms with Crippen molar-refractivity contribution < 1.29 is 4.42 Å². The van der Waals surface area contributed by atoms with Gasteiger partial charge >= 0.3 is 5.63 Å². The van der Waals surface area contributed by atoms with Crippen molar-refractivity contribution in [3.05, 3.63) is 45.3 Å². The van der Waals surface area contributed by atoms with E-state index in [-0.39, 0.29) is 5.63 Å². The second-order valence-corrected chi connectivity index (χ2v) is 7.90. The van der Waals surface area contributed by atoms with E-state index in [2.05, 4.69) is 21.6 Å². The van der Waals surface area contributed by atoms with E-state index in [1.165, 1.54) is 19.3 Å². The van der Waals surface area contributed by atoms with Crippen LogP contribution < -0.4 is 5.63 Å². The molecule has 0 unspecified atom stereocenters. The van der Waals surface area contributed by atoms with Crippen LogP contribution in [0.1, 0.15) is 54.8 Å². The molecular weight excluding hydrogens is 348 g/mol. The van der Waals surface area contributed by atoms with E-state index in [1.54, 1.807) is 17.8 Å². The molecule has 0 amide bonds. The summed E-state index contributed by atoms with van der Waals surface area (Å²) in [7, 11) is 0. The highest BCUT2D eigenvalue weighted by Gasteiger charge is 2.20. The average molecular weight is 370 g/mol. The number of benzene rings is 1. The highest BCUT2D eigenvalue weighted by molar-refractivity contribution is 7.98. The van der Waals surface area contributed by atoms with Crippen molar-refractivity contribution in [2.24, 2.45) is 0 Å². The number of aromatic nitrogens is 4. The maximum Gasteiger partial charge on any atom is 0.336 e. The Morgan fingerprint density at radius 3 is 2.85 bits per heavy atom. The van der Waals surface area contributed by atoms with Crippen LogP contribution >= 0.6 is 11.8 Å². The van der Waals surface area contributed by atoms with Gasteiger partial charge in [-0.3, -0.25) is 0 Å². The van der Waals surface area contributed by atoms with Gasteiger partial charge in [0.05, 0.1) is 6.04 Å². The molecule has 7 heteroatoms. The molecule has 0 bridgehead atoms. The summed E-state index contributed by atoms with van der Waals surface area (Å²) in [5.74, 6) is 0.637. The van der Waals surface area contributed by atoms with Gasteiger partial charge in [-0.1, -0.05) is 43.2 Å². The Kier molecular flexibility index (Phi) is 4.80. The number of hydrogen-bond donors (Lipinski definition) is 0. The van der Waals surface area contributed by atoms with Gasteiger partial charge in [0.25, 0.3) is 0 Å². The third-order valence-electron chi connectivity index (χ3n) is 5.26. The summed E-state index contributed by atoms with van der Waals surface area (Å²) in [6, 6.07) is 6.07. The zero-order valence-electron chi connectivity index (χ0n) is 15.1. The first-order valence-corrected chi connectivity index (χ1v) is 10.1. The van der Waals surface area contributed by atoms with Crippen LogP contribution in [0.15, 0.2) is 32.6 Å². The predicted octanol–water partition coefficient (Wildman–Crippen LogP) is 4.19. The summed E-state index contributed by atoms with van der Waals surface area (Å²) < 4.78 is 7.42. The number of tetrazole rings is 1. The number of thioether (sulfide) groups is 1. The average Bonchev–Trinajstić information content (AvgIpc) is 3.12. The largest absolute Gasteiger partial charge is 0.422 e. The minimum Gasteiger partial charge on any atom is -0.422 e. The standard InChI is InChI=1S/C19H22N4O2S/c1-12-8-9-16-14(10-17(24)25-18(16)13(12)2)11-26-19-20-21-22-23(19)15-6-4-3-5-7-15/h8-10,15H,3-7,11H2,1-2H3. The van der Waals surface area contributed by atoms with Gasteiger partial charge in [-0.2, -0.15) is 0 Å². The smallest absolute Gasteiger partial charge is 0.336 e. The third kappa shape index (κ3) is 3.28. The number of hydrogen-bond acceptors (Lipinski definition) is 6. The number of aryl methyl sites for hydroxylation is 2. The summed E-state index contributed by atoms with van der Waals surface area (Å²) in [5.41, 5.74) is 3.46. The lowest BCUT2D eigenvalue weighted by Crippen LogP contribution is -2.15. The van der Waals surface area contributed by atoms with E-state index in [0.717, 1.165) is 40.1 Å². The topological polar surface area (TPSA) is 73.8 Å². The number of nitrogens with zero attached hydrogens (tertiary/aromatic N) is 4. The van der Waals surface area contributed by atoms with Crippen LogP contribution in [0.5, 0.6) is 0 Å². The summed E-state index contributed by atoms with van der Waals surface area (Å²) in [4.78, 5) is 12.0. The molecule has 0 atom stereocenters. The van der Waals surface area contributed by atoms with Crippen LogP contribution in [0.25, 0.3) is 11.0 Å². The first kappa shape index (κ1) is 17.3. The Labute approximate surface area is 156 Å². The fourth-order valence-corrected chi connectivity index (χ4v) is 4.56. The SMILES string of the molecule is Cc1ccc2c(CSc3nnnn3C3CCCCC3)cc(=O)oc2c1C. The molecule has 0 saturated heterocycles. The Morgan fingerprint density at radius 1 is 1.23 bits per heavy atom. The highest BCUT2D eigenvalue weighted by atomic mass is 32.2. The first-order valence-electron chi connectivity index (χ1n) is 9.07. The fourth-order valence-electron chi connectivity index (χ4n) is 3.62. The molecule has 3 aromatic rings. The van der Waals surface area contributed by atoms with Crippen LogP contribution in [-0.4, -0.2) is 20.2 Å². The molecule has 0 radical (unpaired) electrons. The third-order valence-corrected chi connectivity index (χ3v) is 6.24. The summed E-state index contributed by atoms with van der Waals surface area (Å²) in [6.07, 6.45) is 6.03. The molecule has 0 spiro atoms. The zero-order valence-corrected chi connectivity index (χ0v) is 15.9. The quantitative estimate of drug-likeness (QED) is 0.506. The predicted molar refractivity (Wildman–Crippen MR) is 101 cm³/mol. The maximum absolute atomic E-state index is 12.0. The van der Waals surface area contributed by atoms with Gasteiger partial charge in [0, 0.05) is 17.2 Å². The Hall–Kier alpha value is -2.15. The highest BCUT2D eigenvalue weighted by Crippen LogP contribution is 2.32. The Bertz CT molecular complexity index is 989. The van der Waals surface area contributed by atoms with Crippen LogP contribution in [0.3, 0.4) is 0 Å². The maximum atomic E-state index is 12.0. The molecule has 2 aromatic heterocycles. The van der Waals surface area contributed by atoms with Crippen molar-refractivity contribution in [2.45, 2.75) is 62.9 Å². The molecule has 1 aliphatic carbocycles. The molecular formula is C19H22N4O2S. The number of fused-ring (bicyclic) bond motifs is 1. The van der Waals surface area contributed by atoms with Crippen molar-refractivity contribution in [1.29, 1.82) is 0 Å². The first-order chi connectivity index (χ1) is 12.6. The van der Waals surface area contributed by atoms with Crippen molar-refractivity contribution in [2.75, 3.05) is 0 Å². The Balaban J connectivity index is 1.62. The molecule has 1 aromatic carbocycles. The molecule has 26 heavy (non-hydrogen) atoms. The molecule has 136 valence electrons. The molecule has 1 saturated carbocycles. The summed E-state index contributed by atoms with van der Waals surface area (Å²) >= 11 is 1.58. The van der Waals surface area contributed by atoms with Gasteiger partial charge in [-0.25, -0.2) is 9.48 Å². The molecule has 1 aliphatic rings. The van der Waals surface area contributed by atoms with Gasteiger partial charge in [-0.15, -0.1) is 5.10 Å². The second-order valence-electron chi connectivity index (χ2n) is 6.96. The van der Waals surface area contributed by atoms with E-state index in [1.807, 2.05) is 24.6 Å². The van der Waals surface area contributed by atoms with Gasteiger partial charge in [-0.05, 0) is 53.8 Å². The lowest BCUT2D eigenvalue weighted by atomic mass is 9.96. The van der Waals surface area contributed by atoms with E-state index < -0.39 is 0 Å². The molecule has 0 aliphatic heterocycles. The van der Waals surface area contributed by atoms with Gasteiger partial charge < -0.3 is 4.42 Å². The van der Waals surface area contributed by atoms with Crippen LogP contribution in [0, 0.1) is 13.8 Å². The van der Waals surface area contributed by atoms with Crippen LogP contribution in [-0.2, 0) is 5.75 Å². The normalized spacial score (nSPS) is 15.6. The molecule has 6 nitrogen and oxygen atoms in total. The second kappa shape index (κ2) is 7.23. The van der Waals surface area contributed by atoms with Crippen molar-refractivity contribution in [1.82, 2.24) is 20.2 Å². The van der Waals surface area contributed by atoms with E-state index in [0.29, 0.717) is 17.4 Å². The van der Waals surface area contributed by atoms with E-state index >= 15 is 0 Å². The Morgan fingerprint density at radius 2 is 2.04 bits per heavy atom. The van der Waals surface area contributed by atoms with Crippen molar-refractivity contribution in [3.8, 4) is 0 Å². The van der Waals surface area contributed by atoms with Crippen molar-refractivity contribution in [3.63, 3.8) is 0 Å². The fraction of sp³-hybridized carbons (Fsp3) is 0.474.